The number of pyridine rings is 1. The van der Waals surface area contributed by atoms with Gasteiger partial charge in [0, 0.05) is 23.2 Å². The average Bonchev–Trinajstić information content (AvgIpc) is 3.33. The van der Waals surface area contributed by atoms with Crippen molar-refractivity contribution in [1.29, 1.82) is 0 Å². The van der Waals surface area contributed by atoms with E-state index in [9.17, 15) is 9.59 Å². The van der Waals surface area contributed by atoms with E-state index in [0.717, 1.165) is 23.8 Å². The molecule has 0 saturated heterocycles. The van der Waals surface area contributed by atoms with Gasteiger partial charge >= 0.3 is 0 Å². The van der Waals surface area contributed by atoms with Crippen molar-refractivity contribution >= 4 is 22.5 Å². The molecule has 0 aliphatic carbocycles. The van der Waals surface area contributed by atoms with Crippen molar-refractivity contribution in [2.24, 2.45) is 0 Å². The van der Waals surface area contributed by atoms with Crippen LogP contribution in [-0.4, -0.2) is 16.0 Å². The molecule has 0 aliphatic heterocycles. The van der Waals surface area contributed by atoms with Crippen LogP contribution in [0.4, 0.5) is 5.69 Å². The van der Waals surface area contributed by atoms with Crippen molar-refractivity contribution in [2.45, 2.75) is 19.8 Å². The number of carbonyl (C=O) groups is 1. The van der Waals surface area contributed by atoms with Gasteiger partial charge in [-0.3, -0.25) is 9.59 Å². The minimum Gasteiger partial charge on any atom is -0.461 e. The minimum atomic E-state index is -0.414. The van der Waals surface area contributed by atoms with E-state index < -0.39 is 5.91 Å². The van der Waals surface area contributed by atoms with E-state index in [0.29, 0.717) is 22.7 Å². The molecular weight excluding hydrogens is 346 g/mol. The van der Waals surface area contributed by atoms with Crippen molar-refractivity contribution in [2.75, 3.05) is 5.32 Å². The first-order chi connectivity index (χ1) is 13.1. The number of fused-ring (bicyclic) bond motifs is 1. The highest BCUT2D eigenvalue weighted by Crippen LogP contribution is 2.23. The lowest BCUT2D eigenvalue weighted by Crippen LogP contribution is -2.12. The van der Waals surface area contributed by atoms with Crippen molar-refractivity contribution in [3.05, 3.63) is 70.3 Å². The molecule has 0 atom stereocenters. The topological polar surface area (TPSA) is 101 Å². The van der Waals surface area contributed by atoms with Crippen LogP contribution in [0.2, 0.25) is 0 Å². The fourth-order valence-electron chi connectivity index (χ4n) is 3.00. The van der Waals surface area contributed by atoms with E-state index in [1.807, 2.05) is 6.07 Å². The van der Waals surface area contributed by atoms with Crippen LogP contribution in [0.3, 0.4) is 0 Å². The Balaban J connectivity index is 1.60. The molecule has 0 bridgehead atoms. The molecule has 0 saturated carbocycles. The van der Waals surface area contributed by atoms with Crippen LogP contribution >= 0.6 is 0 Å². The van der Waals surface area contributed by atoms with E-state index in [1.54, 1.807) is 30.3 Å². The van der Waals surface area contributed by atoms with Crippen molar-refractivity contribution < 1.29 is 13.7 Å². The summed E-state index contributed by atoms with van der Waals surface area (Å²) in [5, 5.41) is 7.51. The number of H-pyrrole nitrogens is 1. The van der Waals surface area contributed by atoms with E-state index >= 15 is 0 Å². The number of aromatic amines is 1. The molecular formula is C20H17N3O4. The maximum atomic E-state index is 12.4. The van der Waals surface area contributed by atoms with E-state index in [1.165, 1.54) is 12.3 Å². The summed E-state index contributed by atoms with van der Waals surface area (Å²) < 4.78 is 10.4. The Hall–Kier alpha value is -3.61. The Kier molecular flexibility index (Phi) is 4.33. The summed E-state index contributed by atoms with van der Waals surface area (Å²) in [6, 6.07) is 12.0. The number of anilines is 1. The van der Waals surface area contributed by atoms with Gasteiger partial charge in [0.25, 0.3) is 5.91 Å². The van der Waals surface area contributed by atoms with Gasteiger partial charge in [0.2, 0.25) is 11.3 Å². The lowest BCUT2D eigenvalue weighted by Gasteiger charge is -2.08. The summed E-state index contributed by atoms with van der Waals surface area (Å²) in [5.74, 6) is 0.452. The van der Waals surface area contributed by atoms with Gasteiger partial charge < -0.3 is 19.2 Å². The van der Waals surface area contributed by atoms with Crippen LogP contribution in [0.1, 0.15) is 29.4 Å². The second kappa shape index (κ2) is 6.95. The summed E-state index contributed by atoms with van der Waals surface area (Å²) in [7, 11) is 0. The Labute approximate surface area is 154 Å². The number of furan rings is 1. The van der Waals surface area contributed by atoms with Crippen LogP contribution in [0.15, 0.2) is 62.5 Å². The first kappa shape index (κ1) is 16.8. The molecule has 3 heterocycles. The molecule has 3 aromatic heterocycles. The van der Waals surface area contributed by atoms with Crippen LogP contribution in [-0.2, 0) is 6.42 Å². The molecule has 1 aromatic carbocycles. The molecule has 0 unspecified atom stereocenters. The van der Waals surface area contributed by atoms with Gasteiger partial charge in [-0.15, -0.1) is 0 Å². The minimum absolute atomic E-state index is 0.134. The fourth-order valence-corrected chi connectivity index (χ4v) is 3.00. The second-order valence-corrected chi connectivity index (χ2v) is 6.18. The van der Waals surface area contributed by atoms with Crippen LogP contribution < -0.4 is 10.9 Å². The standard InChI is InChI=1S/C20H17N3O4/c1-2-4-12-9-19(24)22-15-10-13(6-7-14(12)15)21-20(25)16-11-18(27-23-16)17-5-3-8-26-17/h3,5-11H,2,4H2,1H3,(H,21,25)(H,22,24). The van der Waals surface area contributed by atoms with Crippen molar-refractivity contribution in [1.82, 2.24) is 10.1 Å². The zero-order valence-electron chi connectivity index (χ0n) is 14.6. The molecule has 7 heteroatoms. The summed E-state index contributed by atoms with van der Waals surface area (Å²) in [6.45, 7) is 2.07. The molecule has 4 aromatic rings. The van der Waals surface area contributed by atoms with Crippen molar-refractivity contribution in [3.63, 3.8) is 0 Å². The Morgan fingerprint density at radius 3 is 2.85 bits per heavy atom. The summed E-state index contributed by atoms with van der Waals surface area (Å²) in [5.41, 5.74) is 2.21. The summed E-state index contributed by atoms with van der Waals surface area (Å²) in [4.78, 5) is 27.1. The molecule has 136 valence electrons. The zero-order valence-corrected chi connectivity index (χ0v) is 14.6. The molecule has 0 spiro atoms. The van der Waals surface area contributed by atoms with Crippen LogP contribution in [0.5, 0.6) is 0 Å². The van der Waals surface area contributed by atoms with Gasteiger partial charge in [-0.2, -0.15) is 0 Å². The molecule has 1 amide bonds. The number of benzene rings is 1. The normalized spacial score (nSPS) is 11.0. The first-order valence-electron chi connectivity index (χ1n) is 8.62. The van der Waals surface area contributed by atoms with Gasteiger partial charge in [0.05, 0.1) is 11.8 Å². The SMILES string of the molecule is CCCc1cc(=O)[nH]c2cc(NC(=O)c3cc(-c4ccco4)on3)ccc12. The maximum Gasteiger partial charge on any atom is 0.277 e. The highest BCUT2D eigenvalue weighted by atomic mass is 16.5. The zero-order chi connectivity index (χ0) is 18.8. The Morgan fingerprint density at radius 1 is 1.19 bits per heavy atom. The quantitative estimate of drug-likeness (QED) is 0.558. The average molecular weight is 363 g/mol. The van der Waals surface area contributed by atoms with Crippen molar-refractivity contribution in [3.8, 4) is 11.5 Å². The molecule has 7 nitrogen and oxygen atoms in total. The van der Waals surface area contributed by atoms with Gasteiger partial charge in [-0.05, 0) is 36.2 Å². The summed E-state index contributed by atoms with van der Waals surface area (Å²) in [6.07, 6.45) is 3.28. The van der Waals surface area contributed by atoms with E-state index in [2.05, 4.69) is 22.4 Å². The number of hydrogen-bond acceptors (Lipinski definition) is 5. The highest BCUT2D eigenvalue weighted by Gasteiger charge is 2.15. The molecule has 0 aliphatic rings. The molecule has 0 radical (unpaired) electrons. The number of nitrogens with zero attached hydrogens (tertiary/aromatic N) is 1. The number of rotatable bonds is 5. The third-order valence-electron chi connectivity index (χ3n) is 4.21. The Bertz CT molecular complexity index is 1160. The predicted molar refractivity (Wildman–Crippen MR) is 101 cm³/mol. The predicted octanol–water partition coefficient (Wildman–Crippen LogP) is 3.98. The lowest BCUT2D eigenvalue weighted by atomic mass is 10.0. The van der Waals surface area contributed by atoms with Gasteiger partial charge in [0.15, 0.2) is 11.5 Å². The van der Waals surface area contributed by atoms with Gasteiger partial charge in [-0.25, -0.2) is 0 Å². The van der Waals surface area contributed by atoms with Crippen LogP contribution in [0, 0.1) is 0 Å². The first-order valence-corrected chi connectivity index (χ1v) is 8.62. The lowest BCUT2D eigenvalue weighted by molar-refractivity contribution is 0.101. The fraction of sp³-hybridized carbons (Fsp3) is 0.150. The number of aromatic nitrogens is 2. The maximum absolute atomic E-state index is 12.4. The Morgan fingerprint density at radius 2 is 2.07 bits per heavy atom. The number of amides is 1. The largest absolute Gasteiger partial charge is 0.461 e. The molecule has 0 fully saturated rings. The third-order valence-corrected chi connectivity index (χ3v) is 4.21. The van der Waals surface area contributed by atoms with Crippen LogP contribution in [0.25, 0.3) is 22.4 Å². The third kappa shape index (κ3) is 3.39. The molecule has 2 N–H and O–H groups in total. The van der Waals surface area contributed by atoms with E-state index in [4.69, 9.17) is 8.94 Å². The molecule has 4 rings (SSSR count). The summed E-state index contributed by atoms with van der Waals surface area (Å²) >= 11 is 0. The highest BCUT2D eigenvalue weighted by molar-refractivity contribution is 6.04. The smallest absolute Gasteiger partial charge is 0.277 e. The van der Waals surface area contributed by atoms with E-state index in [-0.39, 0.29) is 11.3 Å². The number of hydrogen-bond donors (Lipinski definition) is 2. The molecule has 27 heavy (non-hydrogen) atoms. The number of carbonyl (C=O) groups excluding carboxylic acids is 1. The van der Waals surface area contributed by atoms with Gasteiger partial charge in [0.1, 0.15) is 0 Å². The number of aryl methyl sites for hydroxylation is 1. The van der Waals surface area contributed by atoms with Gasteiger partial charge in [-0.1, -0.05) is 24.6 Å². The number of nitrogens with one attached hydrogen (secondary N) is 2. The monoisotopic (exact) mass is 363 g/mol. The second-order valence-electron chi connectivity index (χ2n) is 6.18.